The van der Waals surface area contributed by atoms with E-state index in [-0.39, 0.29) is 0 Å². The van der Waals surface area contributed by atoms with Crippen molar-refractivity contribution < 1.29 is 4.74 Å². The first kappa shape index (κ1) is 14.4. The van der Waals surface area contributed by atoms with E-state index in [9.17, 15) is 0 Å². The van der Waals surface area contributed by atoms with E-state index in [0.717, 1.165) is 23.8 Å². The SMILES string of the molecule is c1ccc(-c2cc3c(N4CCO[C@@H]5CCC[C@H]54)ncnc3s2)cc1. The summed E-state index contributed by atoms with van der Waals surface area (Å²) in [6, 6.07) is 13.2. The van der Waals surface area contributed by atoms with E-state index < -0.39 is 0 Å². The number of anilines is 1. The Bertz CT molecular complexity index is 863. The molecule has 1 aliphatic carbocycles. The van der Waals surface area contributed by atoms with Crippen LogP contribution in [0.1, 0.15) is 19.3 Å². The van der Waals surface area contributed by atoms with Crippen molar-refractivity contribution in [1.82, 2.24) is 9.97 Å². The molecule has 4 nitrogen and oxygen atoms in total. The van der Waals surface area contributed by atoms with Crippen LogP contribution in [0.4, 0.5) is 5.82 Å². The van der Waals surface area contributed by atoms with Crippen molar-refractivity contribution in [2.24, 2.45) is 0 Å². The van der Waals surface area contributed by atoms with Gasteiger partial charge in [0.05, 0.1) is 24.1 Å². The number of rotatable bonds is 2. The number of aromatic nitrogens is 2. The lowest BCUT2D eigenvalue weighted by molar-refractivity contribution is 0.0254. The van der Waals surface area contributed by atoms with Gasteiger partial charge in [0.1, 0.15) is 17.0 Å². The molecule has 0 amide bonds. The number of hydrogen-bond donors (Lipinski definition) is 0. The van der Waals surface area contributed by atoms with Crippen LogP contribution in [0.2, 0.25) is 0 Å². The molecule has 0 radical (unpaired) electrons. The van der Waals surface area contributed by atoms with E-state index in [1.807, 2.05) is 0 Å². The van der Waals surface area contributed by atoms with Gasteiger partial charge < -0.3 is 9.64 Å². The fourth-order valence-corrected chi connectivity index (χ4v) is 5.00. The minimum Gasteiger partial charge on any atom is -0.374 e. The smallest absolute Gasteiger partial charge is 0.141 e. The van der Waals surface area contributed by atoms with Crippen LogP contribution in [0.5, 0.6) is 0 Å². The van der Waals surface area contributed by atoms with Crippen LogP contribution in [0.25, 0.3) is 20.7 Å². The lowest BCUT2D eigenvalue weighted by Gasteiger charge is -2.38. The molecule has 3 heterocycles. The molecule has 0 N–H and O–H groups in total. The molecular weight excluding hydrogens is 318 g/mol. The van der Waals surface area contributed by atoms with Crippen LogP contribution in [-0.2, 0) is 4.74 Å². The van der Waals surface area contributed by atoms with Gasteiger partial charge in [-0.25, -0.2) is 9.97 Å². The first-order valence-electron chi connectivity index (χ1n) is 8.58. The fourth-order valence-electron chi connectivity index (χ4n) is 4.01. The van der Waals surface area contributed by atoms with E-state index in [1.54, 1.807) is 17.7 Å². The summed E-state index contributed by atoms with van der Waals surface area (Å²) >= 11 is 1.74. The van der Waals surface area contributed by atoms with Crippen LogP contribution in [0.15, 0.2) is 42.7 Å². The van der Waals surface area contributed by atoms with E-state index in [4.69, 9.17) is 4.74 Å². The molecule has 2 aliphatic rings. The van der Waals surface area contributed by atoms with Crippen molar-refractivity contribution in [3.63, 3.8) is 0 Å². The lowest BCUT2D eigenvalue weighted by Crippen LogP contribution is -2.49. The highest BCUT2D eigenvalue weighted by Crippen LogP contribution is 2.39. The Morgan fingerprint density at radius 2 is 2.04 bits per heavy atom. The summed E-state index contributed by atoms with van der Waals surface area (Å²) < 4.78 is 5.96. The predicted octanol–water partition coefficient (Wildman–Crippen LogP) is 4.12. The summed E-state index contributed by atoms with van der Waals surface area (Å²) in [6.45, 7) is 1.71. The molecule has 1 saturated carbocycles. The maximum Gasteiger partial charge on any atom is 0.141 e. The minimum atomic E-state index is 0.371. The number of thiophene rings is 1. The Hall–Kier alpha value is -1.98. The number of benzene rings is 1. The highest BCUT2D eigenvalue weighted by Gasteiger charge is 2.37. The van der Waals surface area contributed by atoms with Gasteiger partial charge in [-0.2, -0.15) is 0 Å². The molecule has 1 aromatic carbocycles. The Morgan fingerprint density at radius 3 is 2.96 bits per heavy atom. The fraction of sp³-hybridized carbons (Fsp3) is 0.368. The maximum atomic E-state index is 5.96. The molecule has 5 rings (SSSR count). The number of morpholine rings is 1. The molecule has 24 heavy (non-hydrogen) atoms. The summed E-state index contributed by atoms with van der Waals surface area (Å²) in [7, 11) is 0. The van der Waals surface area contributed by atoms with Crippen LogP contribution < -0.4 is 4.90 Å². The van der Waals surface area contributed by atoms with Gasteiger partial charge in [0.2, 0.25) is 0 Å². The van der Waals surface area contributed by atoms with E-state index in [0.29, 0.717) is 12.1 Å². The Morgan fingerprint density at radius 1 is 1.12 bits per heavy atom. The zero-order chi connectivity index (χ0) is 15.9. The maximum absolute atomic E-state index is 5.96. The first-order chi connectivity index (χ1) is 11.9. The topological polar surface area (TPSA) is 38.2 Å². The van der Waals surface area contributed by atoms with Crippen molar-refractivity contribution in [2.45, 2.75) is 31.4 Å². The van der Waals surface area contributed by atoms with Crippen LogP contribution in [0, 0.1) is 0 Å². The van der Waals surface area contributed by atoms with Gasteiger partial charge in [-0.1, -0.05) is 30.3 Å². The Kier molecular flexibility index (Phi) is 3.49. The standard InChI is InChI=1S/C19H19N3OS/c1-2-5-13(6-3-1)17-11-14-18(20-12-21-19(14)24-17)22-9-10-23-16-8-4-7-15(16)22/h1-3,5-6,11-12,15-16H,4,7-10H2/t15-,16-/m1/s1. The minimum absolute atomic E-state index is 0.371. The largest absolute Gasteiger partial charge is 0.374 e. The van der Waals surface area contributed by atoms with Gasteiger partial charge >= 0.3 is 0 Å². The predicted molar refractivity (Wildman–Crippen MR) is 97.6 cm³/mol. The van der Waals surface area contributed by atoms with Crippen LogP contribution >= 0.6 is 11.3 Å². The molecule has 122 valence electrons. The third-order valence-corrected chi connectivity index (χ3v) is 6.21. The van der Waals surface area contributed by atoms with Crippen molar-refractivity contribution >= 4 is 27.4 Å². The molecule has 2 aromatic heterocycles. The monoisotopic (exact) mass is 337 g/mol. The second-order valence-electron chi connectivity index (χ2n) is 6.49. The van der Waals surface area contributed by atoms with Gasteiger partial charge in [0.15, 0.2) is 0 Å². The molecule has 1 aliphatic heterocycles. The van der Waals surface area contributed by atoms with Crippen molar-refractivity contribution in [3.8, 4) is 10.4 Å². The Labute approximate surface area is 145 Å². The van der Waals surface area contributed by atoms with Crippen molar-refractivity contribution in [3.05, 3.63) is 42.7 Å². The summed E-state index contributed by atoms with van der Waals surface area (Å²) in [5, 5.41) is 1.17. The summed E-state index contributed by atoms with van der Waals surface area (Å²) in [5.74, 6) is 1.08. The summed E-state index contributed by atoms with van der Waals surface area (Å²) in [5.41, 5.74) is 1.24. The Balaban J connectivity index is 1.60. The normalized spacial score (nSPS) is 23.6. The van der Waals surface area contributed by atoms with Crippen LogP contribution in [0.3, 0.4) is 0 Å². The van der Waals surface area contributed by atoms with E-state index in [2.05, 4.69) is 51.3 Å². The highest BCUT2D eigenvalue weighted by molar-refractivity contribution is 7.21. The second-order valence-corrected chi connectivity index (χ2v) is 7.52. The molecule has 2 atom stereocenters. The highest BCUT2D eigenvalue weighted by atomic mass is 32.1. The first-order valence-corrected chi connectivity index (χ1v) is 9.40. The number of hydrogen-bond acceptors (Lipinski definition) is 5. The number of ether oxygens (including phenoxy) is 1. The van der Waals surface area contributed by atoms with Gasteiger partial charge in [-0.05, 0) is 30.9 Å². The van der Waals surface area contributed by atoms with Gasteiger partial charge in [-0.3, -0.25) is 0 Å². The zero-order valence-corrected chi connectivity index (χ0v) is 14.2. The molecular formula is C19H19N3OS. The molecule has 0 unspecified atom stereocenters. The van der Waals surface area contributed by atoms with Crippen LogP contribution in [-0.4, -0.2) is 35.3 Å². The quantitative estimate of drug-likeness (QED) is 0.705. The number of fused-ring (bicyclic) bond motifs is 2. The number of nitrogens with zero attached hydrogens (tertiary/aromatic N) is 3. The molecule has 5 heteroatoms. The average Bonchev–Trinajstić information content (AvgIpc) is 3.28. The second kappa shape index (κ2) is 5.83. The van der Waals surface area contributed by atoms with E-state index in [1.165, 1.54) is 35.1 Å². The van der Waals surface area contributed by atoms with E-state index >= 15 is 0 Å². The molecule has 2 fully saturated rings. The third-order valence-electron chi connectivity index (χ3n) is 5.12. The van der Waals surface area contributed by atoms with Crippen molar-refractivity contribution in [2.75, 3.05) is 18.1 Å². The summed E-state index contributed by atoms with van der Waals surface area (Å²) in [4.78, 5) is 14.0. The molecule has 1 saturated heterocycles. The van der Waals surface area contributed by atoms with Gasteiger partial charge in [0, 0.05) is 11.4 Å². The molecule has 0 bridgehead atoms. The average molecular weight is 337 g/mol. The van der Waals surface area contributed by atoms with Gasteiger partial charge in [-0.15, -0.1) is 11.3 Å². The van der Waals surface area contributed by atoms with Crippen molar-refractivity contribution in [1.29, 1.82) is 0 Å². The van der Waals surface area contributed by atoms with Gasteiger partial charge in [0.25, 0.3) is 0 Å². The lowest BCUT2D eigenvalue weighted by atomic mass is 10.1. The molecule has 0 spiro atoms. The zero-order valence-electron chi connectivity index (χ0n) is 13.4. The molecule has 3 aromatic rings. The third kappa shape index (κ3) is 2.31. The summed E-state index contributed by atoms with van der Waals surface area (Å²) in [6.07, 6.45) is 5.71.